The number of hydrogen-bond acceptors (Lipinski definition) is 9. The van der Waals surface area contributed by atoms with Gasteiger partial charge in [0.15, 0.2) is 0 Å². The van der Waals surface area contributed by atoms with Gasteiger partial charge in [-0.3, -0.25) is 14.4 Å². The summed E-state index contributed by atoms with van der Waals surface area (Å²) >= 11 is 0. The fourth-order valence-corrected chi connectivity index (χ4v) is 11.1. The van der Waals surface area contributed by atoms with Crippen LogP contribution in [-0.4, -0.2) is 93.1 Å². The highest BCUT2D eigenvalue weighted by molar-refractivity contribution is 5.89. The minimum absolute atomic E-state index is 0.137. The van der Waals surface area contributed by atoms with E-state index in [4.69, 9.17) is 19.4 Å². The van der Waals surface area contributed by atoms with Gasteiger partial charge in [0.1, 0.15) is 23.7 Å². The molecule has 66 heavy (non-hydrogen) atoms. The lowest BCUT2D eigenvalue weighted by Crippen LogP contribution is -2.51. The molecular weight excluding hydrogens is 837 g/mol. The highest BCUT2D eigenvalue weighted by atomic mass is 16.5. The van der Waals surface area contributed by atoms with Crippen molar-refractivity contribution in [3.63, 3.8) is 0 Å². The summed E-state index contributed by atoms with van der Waals surface area (Å²) in [7, 11) is 2.56. The molecule has 5 aromatic rings. The molecule has 0 radical (unpaired) electrons. The lowest BCUT2D eigenvalue weighted by Gasteiger charge is -2.30. The summed E-state index contributed by atoms with van der Waals surface area (Å²) in [4.78, 5) is 85.0. The van der Waals surface area contributed by atoms with Gasteiger partial charge in [-0.15, -0.1) is 0 Å². The number of aromatic nitrogens is 4. The van der Waals surface area contributed by atoms with Gasteiger partial charge in [-0.1, -0.05) is 76.1 Å². The van der Waals surface area contributed by atoms with Crippen LogP contribution in [0, 0.1) is 11.3 Å². The summed E-state index contributed by atoms with van der Waals surface area (Å²) < 4.78 is 9.54. The standard InChI is InChI=1S/C51H60N8O7/c1-6-38(55-49(63)65-4)47(61)58-23-9-11-41(58)44-52-28-40(54-44)31-15-13-30(14-16-31)33-18-19-34(37-27-51(26-36(33)37)21-7-8-22-51)32-17-20-39-35(25-32)46(60)57-45(53-39)42-12-10-24-59(42)48(62)43(29(2)3)56-50(64)66-5/h13-20,25,28-29,38,41-43H,6-12,21-24,26-27H2,1-5H3,(H,52,54)(H,55,63)(H,56,64)(H,53,57,60). The molecule has 4 unspecified atom stereocenters. The Morgan fingerprint density at radius 3 is 1.98 bits per heavy atom. The van der Waals surface area contributed by atoms with Crippen molar-refractivity contribution in [2.45, 2.75) is 116 Å². The first-order valence-corrected chi connectivity index (χ1v) is 23.6. The van der Waals surface area contributed by atoms with Crippen molar-refractivity contribution < 1.29 is 28.7 Å². The third-order valence-electron chi connectivity index (χ3n) is 14.6. The second-order valence-electron chi connectivity index (χ2n) is 19.0. The SMILES string of the molecule is CCC(NC(=O)OC)C(=O)N1CCCC1c1ncc(-c2ccc(-c3ccc(-c4ccc5nc(C6CCCN6C(=O)C(NC(=O)OC)C(C)C)[nH]c(=O)c5c4)c4c3CC3(CCCC3)C4)cc2)[nH]1. The number of rotatable bonds is 11. The molecule has 2 aromatic heterocycles. The molecule has 15 heteroatoms. The van der Waals surface area contributed by atoms with E-state index in [0.717, 1.165) is 65.9 Å². The smallest absolute Gasteiger partial charge is 0.407 e. The first-order valence-electron chi connectivity index (χ1n) is 23.6. The van der Waals surface area contributed by atoms with Gasteiger partial charge in [-0.05, 0) is 120 Å². The monoisotopic (exact) mass is 896 g/mol. The number of hydrogen-bond donors (Lipinski definition) is 4. The third kappa shape index (κ3) is 8.43. The molecule has 4 heterocycles. The van der Waals surface area contributed by atoms with Gasteiger partial charge in [0.25, 0.3) is 5.56 Å². The molecule has 3 aromatic carbocycles. The molecule has 4 amide bonds. The number of alkyl carbamates (subject to hydrolysis) is 2. The van der Waals surface area contributed by atoms with E-state index in [1.807, 2.05) is 44.0 Å². The molecule has 15 nitrogen and oxygen atoms in total. The Labute approximate surface area is 384 Å². The summed E-state index contributed by atoms with van der Waals surface area (Å²) in [5.74, 6) is 0.645. The topological polar surface area (TPSA) is 192 Å². The molecule has 4 N–H and O–H groups in total. The van der Waals surface area contributed by atoms with Crippen LogP contribution in [-0.2, 0) is 31.9 Å². The van der Waals surface area contributed by atoms with Crippen molar-refractivity contribution in [3.8, 4) is 33.5 Å². The normalized spacial score (nSPS) is 19.6. The Kier molecular flexibility index (Phi) is 12.5. The van der Waals surface area contributed by atoms with E-state index in [2.05, 4.69) is 63.1 Å². The Bertz CT molecular complexity index is 2720. The zero-order valence-electron chi connectivity index (χ0n) is 38.5. The number of nitrogens with zero attached hydrogens (tertiary/aromatic N) is 4. The molecule has 2 saturated heterocycles. The van der Waals surface area contributed by atoms with E-state index in [1.54, 1.807) is 4.90 Å². The van der Waals surface area contributed by atoms with Crippen LogP contribution >= 0.6 is 0 Å². The van der Waals surface area contributed by atoms with E-state index in [1.165, 1.54) is 56.6 Å². The molecular formula is C51H60N8O7. The van der Waals surface area contributed by atoms with Crippen molar-refractivity contribution in [2.24, 2.45) is 11.3 Å². The molecule has 4 aliphatic rings. The lowest BCUT2D eigenvalue weighted by molar-refractivity contribution is -0.135. The number of aromatic amines is 2. The quantitative estimate of drug-likeness (QED) is 0.101. The fourth-order valence-electron chi connectivity index (χ4n) is 11.1. The first kappa shape index (κ1) is 44.7. The summed E-state index contributed by atoms with van der Waals surface area (Å²) in [6, 6.07) is 16.9. The number of nitrogens with one attached hydrogen (secondary N) is 4. The average Bonchev–Trinajstić information content (AvgIpc) is 4.20. The van der Waals surface area contributed by atoms with Crippen LogP contribution in [0.3, 0.4) is 0 Å². The van der Waals surface area contributed by atoms with Crippen molar-refractivity contribution in [1.29, 1.82) is 0 Å². The zero-order valence-corrected chi connectivity index (χ0v) is 38.5. The Balaban J connectivity index is 0.972. The summed E-state index contributed by atoms with van der Waals surface area (Å²) in [5, 5.41) is 5.85. The largest absolute Gasteiger partial charge is 0.453 e. The van der Waals surface area contributed by atoms with Crippen molar-refractivity contribution in [3.05, 3.63) is 93.9 Å². The van der Waals surface area contributed by atoms with Gasteiger partial charge in [-0.2, -0.15) is 0 Å². The Morgan fingerprint density at radius 2 is 1.35 bits per heavy atom. The van der Waals surface area contributed by atoms with Crippen molar-refractivity contribution in [2.75, 3.05) is 27.3 Å². The van der Waals surface area contributed by atoms with Crippen molar-refractivity contribution in [1.82, 2.24) is 40.4 Å². The fraction of sp³-hybridized carbons (Fsp3) is 0.471. The number of carbonyl (C=O) groups is 4. The van der Waals surface area contributed by atoms with E-state index in [0.29, 0.717) is 42.7 Å². The number of H-pyrrole nitrogens is 2. The molecule has 1 spiro atoms. The molecule has 1 saturated carbocycles. The van der Waals surface area contributed by atoms with E-state index >= 15 is 0 Å². The van der Waals surface area contributed by atoms with Gasteiger partial charge in [-0.25, -0.2) is 19.6 Å². The number of ether oxygens (including phenoxy) is 2. The van der Waals surface area contributed by atoms with Gasteiger partial charge in [0, 0.05) is 13.1 Å². The van der Waals surface area contributed by atoms with Gasteiger partial charge in [0.2, 0.25) is 11.8 Å². The van der Waals surface area contributed by atoms with Crippen LogP contribution in [0.4, 0.5) is 9.59 Å². The van der Waals surface area contributed by atoms with E-state index in [-0.39, 0.29) is 34.7 Å². The Hall–Kier alpha value is -6.51. The number of methoxy groups -OCH3 is 2. The van der Waals surface area contributed by atoms with Gasteiger partial charge >= 0.3 is 12.2 Å². The molecule has 2 aliphatic carbocycles. The second kappa shape index (κ2) is 18.4. The molecule has 346 valence electrons. The number of fused-ring (bicyclic) bond motifs is 2. The number of amides is 4. The maximum atomic E-state index is 13.9. The average molecular weight is 897 g/mol. The van der Waals surface area contributed by atoms with E-state index < -0.39 is 30.3 Å². The van der Waals surface area contributed by atoms with Crippen LogP contribution in [0.1, 0.15) is 113 Å². The first-order chi connectivity index (χ1) is 31.9. The molecule has 9 rings (SSSR count). The van der Waals surface area contributed by atoms with Crippen LogP contribution in [0.5, 0.6) is 0 Å². The van der Waals surface area contributed by atoms with Crippen LogP contribution in [0.15, 0.2) is 65.6 Å². The summed E-state index contributed by atoms with van der Waals surface area (Å²) in [6.07, 6.45) is 10.9. The number of carbonyl (C=O) groups excluding carboxylic acids is 4. The third-order valence-corrected chi connectivity index (χ3v) is 14.6. The molecule has 2 aliphatic heterocycles. The predicted octanol–water partition coefficient (Wildman–Crippen LogP) is 8.15. The highest BCUT2D eigenvalue weighted by Crippen LogP contribution is 2.53. The minimum Gasteiger partial charge on any atom is -0.453 e. The summed E-state index contributed by atoms with van der Waals surface area (Å²) in [6.45, 7) is 6.71. The van der Waals surface area contributed by atoms with Crippen molar-refractivity contribution >= 4 is 34.9 Å². The van der Waals surface area contributed by atoms with Gasteiger partial charge in [0.05, 0.1) is 49.1 Å². The maximum Gasteiger partial charge on any atom is 0.407 e. The number of imidazole rings is 1. The lowest BCUT2D eigenvalue weighted by atomic mass is 9.82. The number of benzene rings is 3. The van der Waals surface area contributed by atoms with Crippen LogP contribution in [0.2, 0.25) is 0 Å². The molecule has 4 atom stereocenters. The van der Waals surface area contributed by atoms with Gasteiger partial charge < -0.3 is 39.9 Å². The van der Waals surface area contributed by atoms with E-state index in [9.17, 15) is 24.0 Å². The van der Waals surface area contributed by atoms with Crippen LogP contribution < -0.4 is 16.2 Å². The summed E-state index contributed by atoms with van der Waals surface area (Å²) in [5.41, 5.74) is 9.62. The number of likely N-dealkylation sites (tertiary alicyclic amines) is 2. The Morgan fingerprint density at radius 1 is 0.758 bits per heavy atom. The maximum absolute atomic E-state index is 13.9. The second-order valence-corrected chi connectivity index (χ2v) is 19.0. The highest BCUT2D eigenvalue weighted by Gasteiger charge is 2.42. The predicted molar refractivity (Wildman–Crippen MR) is 250 cm³/mol. The molecule has 0 bridgehead atoms. The molecule has 3 fully saturated rings. The zero-order chi connectivity index (χ0) is 46.3. The van der Waals surface area contributed by atoms with Crippen LogP contribution in [0.25, 0.3) is 44.4 Å². The minimum atomic E-state index is -0.770.